The van der Waals surface area contributed by atoms with E-state index in [-0.39, 0.29) is 0 Å². The zero-order valence-corrected chi connectivity index (χ0v) is 8.43. The molecule has 1 aliphatic heterocycles. The molecular weight excluding hydrogens is 237 g/mol. The Morgan fingerprint density at radius 3 is 2.75 bits per heavy atom. The smallest absolute Gasteiger partial charge is 0.144 e. The molecule has 12 heavy (non-hydrogen) atoms. The molecule has 0 saturated heterocycles. The fourth-order valence-corrected chi connectivity index (χ4v) is 1.70. The fourth-order valence-electron chi connectivity index (χ4n) is 1.09. The van der Waals surface area contributed by atoms with Crippen molar-refractivity contribution in [3.8, 4) is 11.3 Å². The van der Waals surface area contributed by atoms with Gasteiger partial charge in [0.15, 0.2) is 0 Å². The lowest BCUT2D eigenvalue weighted by molar-refractivity contribution is 1.41. The summed E-state index contributed by atoms with van der Waals surface area (Å²) in [6, 6.07) is 9.79. The molecule has 0 atom stereocenters. The molecule has 1 nitrogen and oxygen atoms in total. The highest BCUT2D eigenvalue weighted by Crippen LogP contribution is 2.34. The maximum Gasteiger partial charge on any atom is 0.144 e. The summed E-state index contributed by atoms with van der Waals surface area (Å²) in [5, 5.41) is 0.524. The Kier molecular flexibility index (Phi) is 2.03. The molecule has 0 saturated carbocycles. The quantitative estimate of drug-likeness (QED) is 0.688. The predicted molar refractivity (Wildman–Crippen MR) is 53.6 cm³/mol. The standard InChI is InChI=1S/C9H5BrClN/c10-8-6-4-2-1-3-5-7(6)12-9(8)11/h1-5H. The van der Waals surface area contributed by atoms with Crippen molar-refractivity contribution in [2.24, 2.45) is 0 Å². The van der Waals surface area contributed by atoms with Gasteiger partial charge in [-0.05, 0) is 22.0 Å². The summed E-state index contributed by atoms with van der Waals surface area (Å²) in [6.07, 6.45) is 0. The van der Waals surface area contributed by atoms with Crippen molar-refractivity contribution in [2.75, 3.05) is 0 Å². The SMILES string of the molecule is Clc1nc2cccccc-2c1Br. The van der Waals surface area contributed by atoms with Crippen LogP contribution in [0.2, 0.25) is 5.15 Å². The zero-order valence-electron chi connectivity index (χ0n) is 6.09. The first-order valence-electron chi connectivity index (χ1n) is 3.49. The van der Waals surface area contributed by atoms with Gasteiger partial charge >= 0.3 is 0 Å². The minimum atomic E-state index is 0.524. The van der Waals surface area contributed by atoms with E-state index in [1.54, 1.807) is 0 Å². The van der Waals surface area contributed by atoms with Gasteiger partial charge in [0.25, 0.3) is 0 Å². The summed E-state index contributed by atoms with van der Waals surface area (Å²) >= 11 is 9.21. The molecule has 1 aliphatic carbocycles. The van der Waals surface area contributed by atoms with E-state index in [9.17, 15) is 0 Å². The average molecular weight is 243 g/mol. The Morgan fingerprint density at radius 1 is 1.17 bits per heavy atom. The molecule has 60 valence electrons. The molecule has 1 heterocycles. The minimum absolute atomic E-state index is 0.524. The number of hydrogen-bond acceptors (Lipinski definition) is 1. The minimum Gasteiger partial charge on any atom is -0.235 e. The molecule has 0 aromatic carbocycles. The zero-order chi connectivity index (χ0) is 8.55. The van der Waals surface area contributed by atoms with Crippen LogP contribution in [0.5, 0.6) is 0 Å². The summed E-state index contributed by atoms with van der Waals surface area (Å²) in [5.74, 6) is 0. The van der Waals surface area contributed by atoms with Gasteiger partial charge in [0, 0.05) is 5.56 Å². The fraction of sp³-hybridized carbons (Fsp3) is 0. The number of halogens is 2. The number of hydrogen-bond donors (Lipinski definition) is 0. The van der Waals surface area contributed by atoms with Crippen LogP contribution in [0.15, 0.2) is 34.8 Å². The van der Waals surface area contributed by atoms with E-state index < -0.39 is 0 Å². The van der Waals surface area contributed by atoms with Crippen molar-refractivity contribution in [3.63, 3.8) is 0 Å². The summed E-state index contributed by atoms with van der Waals surface area (Å²) in [5.41, 5.74) is 1.96. The summed E-state index contributed by atoms with van der Waals surface area (Å²) in [4.78, 5) is 4.17. The Balaban J connectivity index is 2.79. The Bertz CT molecular complexity index is 389. The highest BCUT2D eigenvalue weighted by atomic mass is 79.9. The van der Waals surface area contributed by atoms with E-state index >= 15 is 0 Å². The Labute approximate surface area is 83.9 Å². The van der Waals surface area contributed by atoms with Gasteiger partial charge in [-0.2, -0.15) is 0 Å². The van der Waals surface area contributed by atoms with Crippen LogP contribution in [-0.4, -0.2) is 4.98 Å². The molecule has 0 N–H and O–H groups in total. The lowest BCUT2D eigenvalue weighted by Crippen LogP contribution is -1.67. The Morgan fingerprint density at radius 2 is 1.92 bits per heavy atom. The second-order valence-electron chi connectivity index (χ2n) is 2.43. The molecule has 3 heteroatoms. The summed E-state index contributed by atoms with van der Waals surface area (Å²) in [6.45, 7) is 0. The third-order valence-corrected chi connectivity index (χ3v) is 2.96. The van der Waals surface area contributed by atoms with Gasteiger partial charge in [-0.3, -0.25) is 0 Å². The van der Waals surface area contributed by atoms with Crippen LogP contribution >= 0.6 is 27.5 Å². The van der Waals surface area contributed by atoms with E-state index in [1.807, 2.05) is 30.3 Å². The van der Waals surface area contributed by atoms with Crippen molar-refractivity contribution in [2.45, 2.75) is 0 Å². The Hall–Kier alpha value is -0.600. The van der Waals surface area contributed by atoms with Crippen LogP contribution < -0.4 is 0 Å². The van der Waals surface area contributed by atoms with E-state index in [0.29, 0.717) is 5.15 Å². The van der Waals surface area contributed by atoms with E-state index in [2.05, 4.69) is 20.9 Å². The lowest BCUT2D eigenvalue weighted by atomic mass is 10.2. The van der Waals surface area contributed by atoms with Gasteiger partial charge in [-0.15, -0.1) is 0 Å². The largest absolute Gasteiger partial charge is 0.235 e. The van der Waals surface area contributed by atoms with E-state index in [1.165, 1.54) is 0 Å². The second-order valence-corrected chi connectivity index (χ2v) is 3.58. The monoisotopic (exact) mass is 241 g/mol. The van der Waals surface area contributed by atoms with Crippen molar-refractivity contribution < 1.29 is 0 Å². The molecule has 0 radical (unpaired) electrons. The van der Waals surface area contributed by atoms with E-state index in [0.717, 1.165) is 15.7 Å². The van der Waals surface area contributed by atoms with Crippen molar-refractivity contribution >= 4 is 27.5 Å². The van der Waals surface area contributed by atoms with Crippen LogP contribution in [0.3, 0.4) is 0 Å². The van der Waals surface area contributed by atoms with Crippen LogP contribution in [0.4, 0.5) is 0 Å². The topological polar surface area (TPSA) is 12.9 Å². The number of aromatic nitrogens is 1. The summed E-state index contributed by atoms with van der Waals surface area (Å²) in [7, 11) is 0. The molecule has 2 rings (SSSR count). The number of fused-ring (bicyclic) bond motifs is 1. The molecule has 0 amide bonds. The van der Waals surface area contributed by atoms with Crippen LogP contribution in [0.1, 0.15) is 0 Å². The normalized spacial score (nSPS) is 10.5. The maximum atomic E-state index is 5.84. The molecule has 0 aromatic heterocycles. The molecule has 0 bridgehead atoms. The number of nitrogens with zero attached hydrogens (tertiary/aromatic N) is 1. The van der Waals surface area contributed by atoms with Gasteiger partial charge in [-0.1, -0.05) is 35.9 Å². The average Bonchev–Trinajstić information content (AvgIpc) is 2.30. The van der Waals surface area contributed by atoms with Gasteiger partial charge in [-0.25, -0.2) is 4.98 Å². The van der Waals surface area contributed by atoms with Gasteiger partial charge < -0.3 is 0 Å². The molecule has 0 aromatic rings. The van der Waals surface area contributed by atoms with Crippen molar-refractivity contribution in [1.29, 1.82) is 0 Å². The van der Waals surface area contributed by atoms with Gasteiger partial charge in [0.1, 0.15) is 5.15 Å². The van der Waals surface area contributed by atoms with Crippen LogP contribution in [0.25, 0.3) is 11.3 Å². The third kappa shape index (κ3) is 1.21. The molecule has 0 unspecified atom stereocenters. The van der Waals surface area contributed by atoms with Gasteiger partial charge in [0.05, 0.1) is 10.2 Å². The maximum absolute atomic E-state index is 5.84. The summed E-state index contributed by atoms with van der Waals surface area (Å²) < 4.78 is 0.871. The van der Waals surface area contributed by atoms with Crippen LogP contribution in [0, 0.1) is 0 Å². The number of rotatable bonds is 0. The van der Waals surface area contributed by atoms with Gasteiger partial charge in [0.2, 0.25) is 0 Å². The molecule has 0 spiro atoms. The van der Waals surface area contributed by atoms with Crippen LogP contribution in [-0.2, 0) is 0 Å². The molecule has 2 aliphatic rings. The van der Waals surface area contributed by atoms with Crippen molar-refractivity contribution in [3.05, 3.63) is 40.0 Å². The first kappa shape index (κ1) is 8.02. The van der Waals surface area contributed by atoms with Crippen molar-refractivity contribution in [1.82, 2.24) is 4.98 Å². The van der Waals surface area contributed by atoms with E-state index in [4.69, 9.17) is 11.6 Å². The third-order valence-electron chi connectivity index (χ3n) is 1.65. The molecular formula is C9H5BrClN. The molecule has 0 fully saturated rings. The lowest BCUT2D eigenvalue weighted by Gasteiger charge is -1.87. The highest BCUT2D eigenvalue weighted by molar-refractivity contribution is 9.10. The predicted octanol–water partition coefficient (Wildman–Crippen LogP) is 3.60. The second kappa shape index (κ2) is 3.04. The first-order valence-corrected chi connectivity index (χ1v) is 4.66. The highest BCUT2D eigenvalue weighted by Gasteiger charge is 2.11. The first-order chi connectivity index (χ1) is 5.79.